The average molecular weight is 255 g/mol. The van der Waals surface area contributed by atoms with Gasteiger partial charge in [0, 0.05) is 31.7 Å². The molecule has 2 aromatic carbocycles. The van der Waals surface area contributed by atoms with Crippen molar-refractivity contribution in [3.05, 3.63) is 48.0 Å². The van der Waals surface area contributed by atoms with E-state index in [0.29, 0.717) is 6.04 Å². The van der Waals surface area contributed by atoms with Crippen LogP contribution in [0.1, 0.15) is 11.6 Å². The Morgan fingerprint density at radius 3 is 2.79 bits per heavy atom. The highest BCUT2D eigenvalue weighted by Crippen LogP contribution is 2.22. The third kappa shape index (κ3) is 2.63. The molecular formula is C16H21N3. The third-order valence-corrected chi connectivity index (χ3v) is 4.00. The normalized spacial score (nSPS) is 22.5. The molecule has 2 atom stereocenters. The first-order valence-electron chi connectivity index (χ1n) is 6.90. The van der Waals surface area contributed by atoms with Crippen molar-refractivity contribution in [2.24, 2.45) is 5.73 Å². The number of hydrogen-bond acceptors (Lipinski definition) is 3. The van der Waals surface area contributed by atoms with Crippen molar-refractivity contribution >= 4 is 10.8 Å². The predicted octanol–water partition coefficient (Wildman–Crippen LogP) is 1.74. The Hall–Kier alpha value is -1.42. The molecule has 0 spiro atoms. The summed E-state index contributed by atoms with van der Waals surface area (Å²) in [6.07, 6.45) is 0. The fraction of sp³-hybridized carbons (Fsp3) is 0.375. The summed E-state index contributed by atoms with van der Waals surface area (Å²) in [4.78, 5) is 2.34. The van der Waals surface area contributed by atoms with Crippen LogP contribution in [0.5, 0.6) is 0 Å². The van der Waals surface area contributed by atoms with E-state index in [0.717, 1.165) is 19.6 Å². The van der Waals surface area contributed by atoms with Crippen molar-refractivity contribution in [1.29, 1.82) is 0 Å². The minimum atomic E-state index is 0.0485. The standard InChI is InChI=1S/C16H21N3/c1-19-9-8-18-15(11-19)16(17)14-7-6-12-4-2-3-5-13(12)10-14/h2-7,10,15-16,18H,8-9,11,17H2,1H3. The van der Waals surface area contributed by atoms with E-state index in [9.17, 15) is 0 Å². The van der Waals surface area contributed by atoms with E-state index in [2.05, 4.69) is 59.7 Å². The van der Waals surface area contributed by atoms with E-state index < -0.39 is 0 Å². The summed E-state index contributed by atoms with van der Waals surface area (Å²) < 4.78 is 0. The van der Waals surface area contributed by atoms with Gasteiger partial charge in [0.05, 0.1) is 0 Å². The Morgan fingerprint density at radius 1 is 1.21 bits per heavy atom. The van der Waals surface area contributed by atoms with Crippen molar-refractivity contribution in [3.63, 3.8) is 0 Å². The second-order valence-corrected chi connectivity index (χ2v) is 5.46. The number of nitrogens with one attached hydrogen (secondary N) is 1. The van der Waals surface area contributed by atoms with Gasteiger partial charge in [0.25, 0.3) is 0 Å². The topological polar surface area (TPSA) is 41.3 Å². The smallest absolute Gasteiger partial charge is 0.0463 e. The highest BCUT2D eigenvalue weighted by molar-refractivity contribution is 5.83. The Kier molecular flexibility index (Phi) is 3.51. The number of piperazine rings is 1. The molecule has 19 heavy (non-hydrogen) atoms. The van der Waals surface area contributed by atoms with E-state index in [1.165, 1.54) is 16.3 Å². The monoisotopic (exact) mass is 255 g/mol. The van der Waals surface area contributed by atoms with Crippen molar-refractivity contribution in [2.45, 2.75) is 12.1 Å². The summed E-state index contributed by atoms with van der Waals surface area (Å²) in [6.45, 7) is 3.12. The second-order valence-electron chi connectivity index (χ2n) is 5.46. The first-order valence-corrected chi connectivity index (χ1v) is 6.90. The SMILES string of the molecule is CN1CCNC(C(N)c2ccc3ccccc3c2)C1. The van der Waals surface area contributed by atoms with Gasteiger partial charge in [0.2, 0.25) is 0 Å². The molecule has 2 aromatic rings. The lowest BCUT2D eigenvalue weighted by Crippen LogP contribution is -2.53. The summed E-state index contributed by atoms with van der Waals surface area (Å²) in [5.41, 5.74) is 7.65. The van der Waals surface area contributed by atoms with Gasteiger partial charge < -0.3 is 16.0 Å². The molecule has 1 saturated heterocycles. The molecule has 0 amide bonds. The maximum Gasteiger partial charge on any atom is 0.0463 e. The molecule has 0 saturated carbocycles. The molecule has 0 radical (unpaired) electrons. The van der Waals surface area contributed by atoms with Crippen molar-refractivity contribution < 1.29 is 0 Å². The van der Waals surface area contributed by atoms with Crippen molar-refractivity contribution in [3.8, 4) is 0 Å². The number of rotatable bonds is 2. The lowest BCUT2D eigenvalue weighted by atomic mass is 9.96. The van der Waals surface area contributed by atoms with E-state index >= 15 is 0 Å². The molecule has 1 fully saturated rings. The van der Waals surface area contributed by atoms with Gasteiger partial charge in [-0.3, -0.25) is 0 Å². The molecule has 1 aliphatic heterocycles. The Bertz CT molecular complexity index is 567. The molecule has 3 N–H and O–H groups in total. The zero-order valence-electron chi connectivity index (χ0n) is 11.3. The predicted molar refractivity (Wildman–Crippen MR) is 80.2 cm³/mol. The van der Waals surface area contributed by atoms with Crippen LogP contribution in [-0.4, -0.2) is 37.6 Å². The van der Waals surface area contributed by atoms with Crippen molar-refractivity contribution in [1.82, 2.24) is 10.2 Å². The van der Waals surface area contributed by atoms with Gasteiger partial charge in [0.15, 0.2) is 0 Å². The van der Waals surface area contributed by atoms with Crippen LogP contribution >= 0.6 is 0 Å². The lowest BCUT2D eigenvalue weighted by molar-refractivity contribution is 0.220. The van der Waals surface area contributed by atoms with E-state index in [1.54, 1.807) is 0 Å². The maximum atomic E-state index is 6.43. The minimum absolute atomic E-state index is 0.0485. The molecule has 0 aromatic heterocycles. The quantitative estimate of drug-likeness (QED) is 0.859. The Labute approximate surface area is 114 Å². The summed E-state index contributed by atoms with van der Waals surface area (Å²) >= 11 is 0. The average Bonchev–Trinajstić information content (AvgIpc) is 2.46. The van der Waals surface area contributed by atoms with Gasteiger partial charge in [-0.1, -0.05) is 36.4 Å². The molecule has 3 heteroatoms. The fourth-order valence-electron chi connectivity index (χ4n) is 2.82. The third-order valence-electron chi connectivity index (χ3n) is 4.00. The van der Waals surface area contributed by atoms with Crippen LogP contribution in [0, 0.1) is 0 Å². The van der Waals surface area contributed by atoms with Gasteiger partial charge >= 0.3 is 0 Å². The van der Waals surface area contributed by atoms with E-state index in [4.69, 9.17) is 5.73 Å². The van der Waals surface area contributed by atoms with Gasteiger partial charge in [-0.15, -0.1) is 0 Å². The van der Waals surface area contributed by atoms with Gasteiger partial charge in [-0.25, -0.2) is 0 Å². The number of fused-ring (bicyclic) bond motifs is 1. The largest absolute Gasteiger partial charge is 0.323 e. The van der Waals surface area contributed by atoms with Crippen molar-refractivity contribution in [2.75, 3.05) is 26.7 Å². The number of nitrogens with zero attached hydrogens (tertiary/aromatic N) is 1. The van der Waals surface area contributed by atoms with Gasteiger partial charge in [0.1, 0.15) is 0 Å². The maximum absolute atomic E-state index is 6.43. The fourth-order valence-corrected chi connectivity index (χ4v) is 2.82. The summed E-state index contributed by atoms with van der Waals surface area (Å²) in [7, 11) is 2.15. The van der Waals surface area contributed by atoms with Gasteiger partial charge in [-0.05, 0) is 29.4 Å². The lowest BCUT2D eigenvalue weighted by Gasteiger charge is -2.34. The number of benzene rings is 2. The minimum Gasteiger partial charge on any atom is -0.323 e. The zero-order chi connectivity index (χ0) is 13.2. The van der Waals surface area contributed by atoms with Crippen LogP contribution in [0.3, 0.4) is 0 Å². The number of nitrogens with two attached hydrogens (primary N) is 1. The second kappa shape index (κ2) is 5.29. The summed E-state index contributed by atoms with van der Waals surface area (Å²) in [5, 5.41) is 6.06. The Morgan fingerprint density at radius 2 is 2.00 bits per heavy atom. The summed E-state index contributed by atoms with van der Waals surface area (Å²) in [6, 6.07) is 15.3. The number of likely N-dealkylation sites (N-methyl/N-ethyl adjacent to an activating group) is 1. The highest BCUT2D eigenvalue weighted by atomic mass is 15.2. The molecule has 2 unspecified atom stereocenters. The highest BCUT2D eigenvalue weighted by Gasteiger charge is 2.23. The van der Waals surface area contributed by atoms with Crippen LogP contribution in [0.25, 0.3) is 10.8 Å². The Balaban J connectivity index is 1.86. The molecule has 3 rings (SSSR count). The first kappa shape index (κ1) is 12.6. The van der Waals surface area contributed by atoms with Crippen LogP contribution in [0.4, 0.5) is 0 Å². The van der Waals surface area contributed by atoms with E-state index in [1.807, 2.05) is 0 Å². The van der Waals surface area contributed by atoms with Crippen LogP contribution in [0.2, 0.25) is 0 Å². The first-order chi connectivity index (χ1) is 9.24. The molecule has 0 bridgehead atoms. The van der Waals surface area contributed by atoms with Crippen LogP contribution < -0.4 is 11.1 Å². The summed E-state index contributed by atoms with van der Waals surface area (Å²) in [5.74, 6) is 0. The number of hydrogen-bond donors (Lipinski definition) is 2. The molecule has 3 nitrogen and oxygen atoms in total. The molecule has 100 valence electrons. The van der Waals surface area contributed by atoms with Gasteiger partial charge in [-0.2, -0.15) is 0 Å². The molecule has 0 aliphatic carbocycles. The zero-order valence-corrected chi connectivity index (χ0v) is 11.3. The van der Waals surface area contributed by atoms with Crippen LogP contribution in [0.15, 0.2) is 42.5 Å². The molecular weight excluding hydrogens is 234 g/mol. The van der Waals surface area contributed by atoms with Crippen LogP contribution in [-0.2, 0) is 0 Å². The molecule has 1 aliphatic rings. The molecule has 1 heterocycles. The van der Waals surface area contributed by atoms with E-state index in [-0.39, 0.29) is 6.04 Å².